The van der Waals surface area contributed by atoms with Crippen LogP contribution < -0.4 is 0 Å². The number of hydrogen-bond donors (Lipinski definition) is 0. The number of benzene rings is 1. The Kier molecular flexibility index (Phi) is 5.92. The van der Waals surface area contributed by atoms with E-state index in [0.717, 1.165) is 12.8 Å². The molecule has 0 aliphatic carbocycles. The van der Waals surface area contributed by atoms with E-state index in [4.69, 9.17) is 0 Å². The predicted octanol–water partition coefficient (Wildman–Crippen LogP) is 3.02. The molecular formula is C14H19F2NO. The van der Waals surface area contributed by atoms with Crippen LogP contribution in [-0.4, -0.2) is 37.2 Å². The Balaban J connectivity index is 2.56. The van der Waals surface area contributed by atoms with Gasteiger partial charge in [-0.1, -0.05) is 37.6 Å². The molecule has 0 amide bonds. The number of halogens is 2. The van der Waals surface area contributed by atoms with Gasteiger partial charge in [0.1, 0.15) is 0 Å². The van der Waals surface area contributed by atoms with E-state index in [-0.39, 0.29) is 18.9 Å². The fourth-order valence-corrected chi connectivity index (χ4v) is 1.78. The maximum absolute atomic E-state index is 12.1. The molecule has 0 radical (unpaired) electrons. The summed E-state index contributed by atoms with van der Waals surface area (Å²) >= 11 is 0. The number of nitrogens with zero attached hydrogens (tertiary/aromatic N) is 1. The van der Waals surface area contributed by atoms with Crippen molar-refractivity contribution in [1.82, 2.24) is 4.90 Å². The van der Waals surface area contributed by atoms with E-state index < -0.39 is 6.43 Å². The lowest BCUT2D eigenvalue weighted by atomic mass is 10.1. The van der Waals surface area contributed by atoms with Gasteiger partial charge in [0.05, 0.1) is 13.1 Å². The summed E-state index contributed by atoms with van der Waals surface area (Å²) in [5.41, 5.74) is 1.77. The highest BCUT2D eigenvalue weighted by Crippen LogP contribution is 2.08. The first-order valence-electron chi connectivity index (χ1n) is 6.11. The first-order valence-corrected chi connectivity index (χ1v) is 6.11. The Morgan fingerprint density at radius 3 is 2.39 bits per heavy atom. The second-order valence-corrected chi connectivity index (χ2v) is 4.46. The molecule has 0 unspecified atom stereocenters. The fraction of sp³-hybridized carbons (Fsp3) is 0.500. The Morgan fingerprint density at radius 2 is 1.89 bits per heavy atom. The molecule has 0 spiro atoms. The zero-order chi connectivity index (χ0) is 13.5. The number of aryl methyl sites for hydroxylation is 1. The van der Waals surface area contributed by atoms with Gasteiger partial charge in [0.25, 0.3) is 6.43 Å². The standard InChI is InChI=1S/C14H19F2NO/c1-3-4-11-5-7-12(8-6-11)13(18)9-17(2)10-14(15)16/h5-8,14H,3-4,9-10H2,1-2H3. The third-order valence-corrected chi connectivity index (χ3v) is 2.68. The van der Waals surface area contributed by atoms with Crippen molar-refractivity contribution in [3.8, 4) is 0 Å². The van der Waals surface area contributed by atoms with Crippen molar-refractivity contribution in [1.29, 1.82) is 0 Å². The second kappa shape index (κ2) is 7.21. The highest BCUT2D eigenvalue weighted by Gasteiger charge is 2.12. The number of carbonyl (C=O) groups excluding carboxylic acids is 1. The maximum atomic E-state index is 12.1. The normalized spacial score (nSPS) is 11.2. The van der Waals surface area contributed by atoms with Crippen molar-refractivity contribution in [2.75, 3.05) is 20.1 Å². The monoisotopic (exact) mass is 255 g/mol. The Bertz CT molecular complexity index is 376. The highest BCUT2D eigenvalue weighted by atomic mass is 19.3. The molecule has 0 saturated heterocycles. The van der Waals surface area contributed by atoms with Gasteiger partial charge in [0.2, 0.25) is 0 Å². The van der Waals surface area contributed by atoms with Crippen molar-refractivity contribution >= 4 is 5.78 Å². The van der Waals surface area contributed by atoms with E-state index in [1.165, 1.54) is 17.5 Å². The summed E-state index contributed by atoms with van der Waals surface area (Å²) in [4.78, 5) is 13.2. The minimum atomic E-state index is -2.41. The van der Waals surface area contributed by atoms with Gasteiger partial charge in [-0.15, -0.1) is 0 Å². The van der Waals surface area contributed by atoms with Crippen LogP contribution in [0, 0.1) is 0 Å². The number of rotatable bonds is 7. The third kappa shape index (κ3) is 4.92. The van der Waals surface area contributed by atoms with Gasteiger partial charge in [0, 0.05) is 5.56 Å². The minimum absolute atomic E-state index is 0.0253. The molecule has 4 heteroatoms. The zero-order valence-corrected chi connectivity index (χ0v) is 10.8. The molecule has 18 heavy (non-hydrogen) atoms. The quantitative estimate of drug-likeness (QED) is 0.698. The molecule has 2 nitrogen and oxygen atoms in total. The molecule has 100 valence electrons. The molecule has 1 aromatic rings. The van der Waals surface area contributed by atoms with Gasteiger partial charge < -0.3 is 0 Å². The number of hydrogen-bond acceptors (Lipinski definition) is 2. The van der Waals surface area contributed by atoms with Crippen molar-refractivity contribution in [2.24, 2.45) is 0 Å². The van der Waals surface area contributed by atoms with E-state index in [1.807, 2.05) is 12.1 Å². The van der Waals surface area contributed by atoms with Crippen LogP contribution in [0.3, 0.4) is 0 Å². The molecule has 0 fully saturated rings. The van der Waals surface area contributed by atoms with Gasteiger partial charge in [-0.05, 0) is 19.0 Å². The molecule has 0 aliphatic rings. The molecule has 1 aromatic carbocycles. The Morgan fingerprint density at radius 1 is 1.28 bits per heavy atom. The number of ketones is 1. The fourth-order valence-electron chi connectivity index (χ4n) is 1.78. The highest BCUT2D eigenvalue weighted by molar-refractivity contribution is 5.97. The SMILES string of the molecule is CCCc1ccc(C(=O)CN(C)CC(F)F)cc1. The Hall–Kier alpha value is -1.29. The number of carbonyl (C=O) groups is 1. The van der Waals surface area contributed by atoms with Crippen molar-refractivity contribution < 1.29 is 13.6 Å². The van der Waals surface area contributed by atoms with E-state index in [0.29, 0.717) is 5.56 Å². The summed E-state index contributed by atoms with van der Waals surface area (Å²) in [5.74, 6) is -0.124. The van der Waals surface area contributed by atoms with Crippen LogP contribution in [0.1, 0.15) is 29.3 Å². The lowest BCUT2D eigenvalue weighted by Crippen LogP contribution is -2.30. The van der Waals surface area contributed by atoms with E-state index in [9.17, 15) is 13.6 Å². The first-order chi connectivity index (χ1) is 8.52. The first kappa shape index (κ1) is 14.8. The van der Waals surface area contributed by atoms with Crippen LogP contribution in [0.2, 0.25) is 0 Å². The van der Waals surface area contributed by atoms with Gasteiger partial charge in [-0.25, -0.2) is 8.78 Å². The summed E-state index contributed by atoms with van der Waals surface area (Å²) in [6.45, 7) is 1.75. The predicted molar refractivity (Wildman–Crippen MR) is 68.3 cm³/mol. The van der Waals surface area contributed by atoms with Crippen LogP contribution in [0.15, 0.2) is 24.3 Å². The van der Waals surface area contributed by atoms with Crippen molar-refractivity contribution in [3.63, 3.8) is 0 Å². The van der Waals surface area contributed by atoms with Crippen molar-refractivity contribution in [3.05, 3.63) is 35.4 Å². The largest absolute Gasteiger partial charge is 0.293 e. The van der Waals surface area contributed by atoms with Crippen LogP contribution >= 0.6 is 0 Å². The summed E-state index contributed by atoms with van der Waals surface area (Å²) in [5, 5.41) is 0. The lowest BCUT2D eigenvalue weighted by Gasteiger charge is -2.14. The van der Waals surface area contributed by atoms with Gasteiger partial charge in [-0.3, -0.25) is 9.69 Å². The molecule has 0 heterocycles. The maximum Gasteiger partial charge on any atom is 0.251 e. The number of alkyl halides is 2. The smallest absolute Gasteiger partial charge is 0.251 e. The topological polar surface area (TPSA) is 20.3 Å². The average molecular weight is 255 g/mol. The van der Waals surface area contributed by atoms with Crippen LogP contribution in [-0.2, 0) is 6.42 Å². The summed E-state index contributed by atoms with van der Waals surface area (Å²) in [6.07, 6.45) is -0.362. The molecule has 0 aromatic heterocycles. The molecule has 0 saturated carbocycles. The van der Waals surface area contributed by atoms with Gasteiger partial charge >= 0.3 is 0 Å². The summed E-state index contributed by atoms with van der Waals surface area (Å²) in [6, 6.07) is 7.38. The summed E-state index contributed by atoms with van der Waals surface area (Å²) < 4.78 is 24.2. The number of likely N-dealkylation sites (N-methyl/N-ethyl adjacent to an activating group) is 1. The van der Waals surface area contributed by atoms with Gasteiger partial charge in [-0.2, -0.15) is 0 Å². The molecule has 0 aliphatic heterocycles. The molecule has 0 bridgehead atoms. The lowest BCUT2D eigenvalue weighted by molar-refractivity contribution is 0.0820. The average Bonchev–Trinajstić information content (AvgIpc) is 2.29. The van der Waals surface area contributed by atoms with Gasteiger partial charge in [0.15, 0.2) is 5.78 Å². The minimum Gasteiger partial charge on any atom is -0.293 e. The second-order valence-electron chi connectivity index (χ2n) is 4.46. The molecule has 0 atom stereocenters. The summed E-state index contributed by atoms with van der Waals surface area (Å²) in [7, 11) is 1.52. The molecule has 1 rings (SSSR count). The number of Topliss-reactive ketones (excluding diaryl/α,β-unsaturated/α-hetero) is 1. The van der Waals surface area contributed by atoms with Crippen LogP contribution in [0.5, 0.6) is 0 Å². The molecular weight excluding hydrogens is 236 g/mol. The van der Waals surface area contributed by atoms with Crippen LogP contribution in [0.4, 0.5) is 8.78 Å². The molecule has 0 N–H and O–H groups in total. The van der Waals surface area contributed by atoms with E-state index >= 15 is 0 Å². The third-order valence-electron chi connectivity index (χ3n) is 2.68. The van der Waals surface area contributed by atoms with E-state index in [2.05, 4.69) is 6.92 Å². The zero-order valence-electron chi connectivity index (χ0n) is 10.8. The van der Waals surface area contributed by atoms with Crippen LogP contribution in [0.25, 0.3) is 0 Å². The Labute approximate surface area is 107 Å². The van der Waals surface area contributed by atoms with Crippen molar-refractivity contribution in [2.45, 2.75) is 26.2 Å². The van der Waals surface area contributed by atoms with E-state index in [1.54, 1.807) is 12.1 Å².